The van der Waals surface area contributed by atoms with Crippen molar-refractivity contribution >= 4 is 34.0 Å². The van der Waals surface area contributed by atoms with Gasteiger partial charge in [0.05, 0.1) is 0 Å². The molecule has 0 unspecified atom stereocenters. The highest BCUT2D eigenvalue weighted by Crippen LogP contribution is 2.29. The maximum atomic E-state index is 12.5. The van der Waals surface area contributed by atoms with Gasteiger partial charge in [0.25, 0.3) is 0 Å². The van der Waals surface area contributed by atoms with Crippen molar-refractivity contribution < 1.29 is 14.3 Å². The van der Waals surface area contributed by atoms with Gasteiger partial charge in [-0.2, -0.15) is 0 Å². The first-order chi connectivity index (χ1) is 15.5. The molecule has 0 saturated heterocycles. The highest BCUT2D eigenvalue weighted by molar-refractivity contribution is 6.00. The van der Waals surface area contributed by atoms with Gasteiger partial charge in [-0.05, 0) is 88.3 Å². The molecule has 2 rings (SSSR count). The van der Waals surface area contributed by atoms with E-state index in [-0.39, 0.29) is 5.78 Å². The molecule has 1 amide bonds. The van der Waals surface area contributed by atoms with Gasteiger partial charge in [-0.15, -0.1) is 0 Å². The van der Waals surface area contributed by atoms with Crippen LogP contribution in [0.4, 0.5) is 10.6 Å². The molecule has 5 heteroatoms. The Hall–Kier alpha value is -3.21. The van der Waals surface area contributed by atoms with Crippen molar-refractivity contribution in [1.29, 1.82) is 0 Å². The van der Waals surface area contributed by atoms with Gasteiger partial charge in [0.1, 0.15) is 11.4 Å². The van der Waals surface area contributed by atoms with E-state index in [4.69, 9.17) is 4.74 Å². The number of nitrogens with zero attached hydrogens (tertiary/aromatic N) is 1. The van der Waals surface area contributed by atoms with Gasteiger partial charge in [-0.1, -0.05) is 37.6 Å². The van der Waals surface area contributed by atoms with Crippen LogP contribution < -0.4 is 5.32 Å². The summed E-state index contributed by atoms with van der Waals surface area (Å²) in [5.74, 6) is 0.603. The number of hydrogen-bond donors (Lipinski definition) is 1. The molecule has 5 nitrogen and oxygen atoms in total. The topological polar surface area (TPSA) is 68.3 Å². The first-order valence-electron chi connectivity index (χ1n) is 11.5. The molecule has 0 saturated carbocycles. The average Bonchev–Trinajstić information content (AvgIpc) is 2.75. The molecule has 0 fully saturated rings. The summed E-state index contributed by atoms with van der Waals surface area (Å²) in [6.45, 7) is 15.5. The van der Waals surface area contributed by atoms with E-state index < -0.39 is 11.7 Å². The first kappa shape index (κ1) is 26.0. The highest BCUT2D eigenvalue weighted by Gasteiger charge is 2.17. The Morgan fingerprint density at radius 3 is 2.33 bits per heavy atom. The predicted octanol–water partition coefficient (Wildman–Crippen LogP) is 7.64. The standard InChI is InChI=1S/C28H36N2O3/c1-9-18(4)24(25(31)11-3)14-19(5)23(10-2)21-13-12-20-16-26(29-17-22(20)15-21)30-27(32)33-28(6,7)8/h10,12-17H,9,11H2,1-8H3,(H,29,30,32)/b19-14-,23-10+,24-18-. The summed E-state index contributed by atoms with van der Waals surface area (Å²) in [6, 6.07) is 7.95. The number of allylic oxidation sites excluding steroid dienone is 6. The summed E-state index contributed by atoms with van der Waals surface area (Å²) in [5, 5.41) is 4.60. The van der Waals surface area contributed by atoms with Crippen molar-refractivity contribution in [3.63, 3.8) is 0 Å². The number of amides is 1. The fourth-order valence-corrected chi connectivity index (χ4v) is 3.52. The van der Waals surface area contributed by atoms with Crippen LogP contribution in [0.25, 0.3) is 16.3 Å². The Bertz CT molecular complexity index is 1130. The Morgan fingerprint density at radius 1 is 1.06 bits per heavy atom. The average molecular weight is 449 g/mol. The summed E-state index contributed by atoms with van der Waals surface area (Å²) >= 11 is 0. The summed E-state index contributed by atoms with van der Waals surface area (Å²) < 4.78 is 5.30. The number of ketones is 1. The number of pyridine rings is 1. The van der Waals surface area contributed by atoms with Gasteiger partial charge in [0.2, 0.25) is 0 Å². The number of nitrogens with one attached hydrogen (secondary N) is 1. The molecule has 0 atom stereocenters. The van der Waals surface area contributed by atoms with E-state index in [1.807, 2.05) is 72.7 Å². The van der Waals surface area contributed by atoms with E-state index in [1.54, 1.807) is 6.20 Å². The minimum Gasteiger partial charge on any atom is -0.444 e. The quantitative estimate of drug-likeness (QED) is 0.349. The zero-order valence-corrected chi connectivity index (χ0v) is 21.1. The first-order valence-corrected chi connectivity index (χ1v) is 11.5. The molecule has 1 aromatic heterocycles. The molecule has 1 heterocycles. The molecule has 2 aromatic rings. The number of benzene rings is 1. The van der Waals surface area contributed by atoms with Gasteiger partial charge in [0, 0.05) is 23.6 Å². The molecular formula is C28H36N2O3. The van der Waals surface area contributed by atoms with Crippen LogP contribution in [0.15, 0.2) is 59.3 Å². The van der Waals surface area contributed by atoms with Crippen LogP contribution >= 0.6 is 0 Å². The summed E-state index contributed by atoms with van der Waals surface area (Å²) in [5.41, 5.74) is 4.49. The number of Topliss-reactive ketones (excluding diaryl/α,β-unsaturated/α-hetero) is 1. The van der Waals surface area contributed by atoms with Gasteiger partial charge < -0.3 is 4.74 Å². The Balaban J connectivity index is 2.36. The predicted molar refractivity (Wildman–Crippen MR) is 137 cm³/mol. The molecule has 1 aromatic carbocycles. The molecule has 0 bridgehead atoms. The Labute approximate surface area is 197 Å². The zero-order valence-electron chi connectivity index (χ0n) is 21.1. The molecule has 0 radical (unpaired) electrons. The normalized spacial score (nSPS) is 13.6. The lowest BCUT2D eigenvalue weighted by molar-refractivity contribution is -0.115. The number of carbonyl (C=O) groups excluding carboxylic acids is 2. The zero-order chi connectivity index (χ0) is 24.8. The highest BCUT2D eigenvalue weighted by atomic mass is 16.6. The number of carbonyl (C=O) groups is 2. The molecule has 0 aliphatic rings. The fraction of sp³-hybridized carbons (Fsp3) is 0.393. The van der Waals surface area contributed by atoms with E-state index in [0.717, 1.165) is 45.0 Å². The smallest absolute Gasteiger partial charge is 0.413 e. The lowest BCUT2D eigenvalue weighted by Crippen LogP contribution is -2.27. The number of aromatic nitrogens is 1. The van der Waals surface area contributed by atoms with Crippen LogP contribution in [0.2, 0.25) is 0 Å². The van der Waals surface area contributed by atoms with Gasteiger partial charge in [0.15, 0.2) is 5.78 Å². The molecular weight excluding hydrogens is 412 g/mol. The second kappa shape index (κ2) is 11.1. The van der Waals surface area contributed by atoms with Crippen molar-refractivity contribution in [3.8, 4) is 0 Å². The fourth-order valence-electron chi connectivity index (χ4n) is 3.52. The maximum absolute atomic E-state index is 12.5. The number of fused-ring (bicyclic) bond motifs is 1. The van der Waals surface area contributed by atoms with Crippen LogP contribution in [0.3, 0.4) is 0 Å². The minimum absolute atomic E-state index is 0.164. The van der Waals surface area contributed by atoms with E-state index in [1.165, 1.54) is 0 Å². The molecule has 0 spiro atoms. The van der Waals surface area contributed by atoms with Crippen LogP contribution in [0.5, 0.6) is 0 Å². The van der Waals surface area contributed by atoms with Crippen LogP contribution in [0, 0.1) is 0 Å². The molecule has 0 aliphatic carbocycles. The minimum atomic E-state index is -0.573. The lowest BCUT2D eigenvalue weighted by atomic mass is 9.92. The van der Waals surface area contributed by atoms with E-state index in [9.17, 15) is 9.59 Å². The van der Waals surface area contributed by atoms with Crippen LogP contribution in [-0.2, 0) is 9.53 Å². The third kappa shape index (κ3) is 7.14. The number of rotatable bonds is 7. The van der Waals surface area contributed by atoms with E-state index >= 15 is 0 Å². The Morgan fingerprint density at radius 2 is 1.76 bits per heavy atom. The van der Waals surface area contributed by atoms with E-state index in [0.29, 0.717) is 12.2 Å². The summed E-state index contributed by atoms with van der Waals surface area (Å²) in [6.07, 6.45) is 6.62. The van der Waals surface area contributed by atoms with Crippen LogP contribution in [0.1, 0.15) is 73.8 Å². The SMILES string of the molecule is C\C=C(/C(C)=C\C(C(=O)CC)=C(/C)CC)c1ccc2cc(NC(=O)OC(C)(C)C)ncc2c1. The second-order valence-corrected chi connectivity index (χ2v) is 9.11. The van der Waals surface area contributed by atoms with Crippen molar-refractivity contribution in [2.45, 2.75) is 73.8 Å². The lowest BCUT2D eigenvalue weighted by Gasteiger charge is -2.19. The van der Waals surface area contributed by atoms with E-state index in [2.05, 4.69) is 29.4 Å². The molecule has 0 aliphatic heterocycles. The van der Waals surface area contributed by atoms with Crippen LogP contribution in [-0.4, -0.2) is 22.5 Å². The van der Waals surface area contributed by atoms with Crippen molar-refractivity contribution in [2.24, 2.45) is 0 Å². The van der Waals surface area contributed by atoms with Crippen molar-refractivity contribution in [1.82, 2.24) is 4.98 Å². The molecule has 1 N–H and O–H groups in total. The van der Waals surface area contributed by atoms with Crippen molar-refractivity contribution in [3.05, 3.63) is 64.9 Å². The second-order valence-electron chi connectivity index (χ2n) is 9.11. The number of ether oxygens (including phenoxy) is 1. The third-order valence-electron chi connectivity index (χ3n) is 5.35. The Kier molecular flexibility index (Phi) is 8.75. The summed E-state index contributed by atoms with van der Waals surface area (Å²) in [7, 11) is 0. The number of hydrogen-bond acceptors (Lipinski definition) is 4. The molecule has 33 heavy (non-hydrogen) atoms. The molecule has 176 valence electrons. The number of anilines is 1. The maximum Gasteiger partial charge on any atom is 0.413 e. The largest absolute Gasteiger partial charge is 0.444 e. The van der Waals surface area contributed by atoms with Gasteiger partial charge in [-0.3, -0.25) is 10.1 Å². The third-order valence-corrected chi connectivity index (χ3v) is 5.35. The van der Waals surface area contributed by atoms with Gasteiger partial charge in [-0.25, -0.2) is 9.78 Å². The summed E-state index contributed by atoms with van der Waals surface area (Å²) in [4.78, 5) is 28.9. The van der Waals surface area contributed by atoms with Crippen molar-refractivity contribution in [2.75, 3.05) is 5.32 Å². The monoisotopic (exact) mass is 448 g/mol. The van der Waals surface area contributed by atoms with Gasteiger partial charge >= 0.3 is 6.09 Å².